The van der Waals surface area contributed by atoms with Crippen LogP contribution < -0.4 is 4.74 Å². The van der Waals surface area contributed by atoms with Crippen LogP contribution in [0.2, 0.25) is 0 Å². The normalized spacial score (nSPS) is 10.6. The molecule has 0 bridgehead atoms. The molecule has 0 unspecified atom stereocenters. The summed E-state index contributed by atoms with van der Waals surface area (Å²) in [4.78, 5) is 28.6. The molecule has 2 aromatic heterocycles. The molecule has 7 heteroatoms. The van der Waals surface area contributed by atoms with Crippen LogP contribution in [0.15, 0.2) is 18.3 Å². The molecule has 2 rings (SSSR count). The van der Waals surface area contributed by atoms with Gasteiger partial charge in [-0.15, -0.1) is 0 Å². The van der Waals surface area contributed by atoms with Crippen molar-refractivity contribution in [3.63, 3.8) is 0 Å². The number of likely N-dealkylation sites (N-methyl/N-ethyl adjacent to an activating group) is 1. The van der Waals surface area contributed by atoms with Crippen molar-refractivity contribution in [1.29, 1.82) is 0 Å². The molecule has 0 aliphatic rings. The number of pyridine rings is 1. The molecular weight excluding hydrogens is 274 g/mol. The lowest BCUT2D eigenvalue weighted by atomic mass is 10.3. The number of carbonyl (C=O) groups excluding carboxylic acids is 1. The maximum absolute atomic E-state index is 12.4. The molecule has 0 atom stereocenters. The van der Waals surface area contributed by atoms with Crippen LogP contribution in [0.5, 0.6) is 5.75 Å². The smallest absolute Gasteiger partial charge is 0.323 e. The van der Waals surface area contributed by atoms with Crippen molar-refractivity contribution in [3.05, 3.63) is 29.7 Å². The fourth-order valence-corrected chi connectivity index (χ4v) is 2.14. The highest BCUT2D eigenvalue weighted by Crippen LogP contribution is 2.22. The molecule has 2 heterocycles. The van der Waals surface area contributed by atoms with Crippen molar-refractivity contribution in [2.75, 3.05) is 20.2 Å². The zero-order valence-electron chi connectivity index (χ0n) is 12.2. The Kier molecular flexibility index (Phi) is 4.11. The first-order chi connectivity index (χ1) is 9.95. The first-order valence-corrected chi connectivity index (χ1v) is 6.53. The molecule has 0 aromatic carbocycles. The second-order valence-corrected chi connectivity index (χ2v) is 4.60. The first kappa shape index (κ1) is 14.8. The summed E-state index contributed by atoms with van der Waals surface area (Å²) in [6, 6.07) is 3.54. The topological polar surface area (TPSA) is 84.1 Å². The minimum absolute atomic E-state index is 0.343. The standard InChI is InChI=1S/C14H17N3O4/c1-4-21-10-6-5-7-17-12(9(2)15-13(10)17)14(20)16(3)8-11(18)19/h5-7H,4,8H2,1-3H3,(H,18,19). The predicted molar refractivity (Wildman–Crippen MR) is 75.7 cm³/mol. The molecule has 21 heavy (non-hydrogen) atoms. The highest BCUT2D eigenvalue weighted by atomic mass is 16.5. The lowest BCUT2D eigenvalue weighted by Crippen LogP contribution is -2.33. The fourth-order valence-electron chi connectivity index (χ4n) is 2.14. The van der Waals surface area contributed by atoms with E-state index < -0.39 is 11.9 Å². The van der Waals surface area contributed by atoms with Gasteiger partial charge in [-0.25, -0.2) is 4.98 Å². The van der Waals surface area contributed by atoms with Crippen LogP contribution >= 0.6 is 0 Å². The largest absolute Gasteiger partial charge is 0.490 e. The Morgan fingerprint density at radius 3 is 2.81 bits per heavy atom. The highest BCUT2D eigenvalue weighted by Gasteiger charge is 2.22. The second-order valence-electron chi connectivity index (χ2n) is 4.60. The summed E-state index contributed by atoms with van der Waals surface area (Å²) in [6.07, 6.45) is 1.71. The summed E-state index contributed by atoms with van der Waals surface area (Å²) in [5.74, 6) is -0.869. The molecule has 0 saturated heterocycles. The molecule has 1 amide bonds. The van der Waals surface area contributed by atoms with Gasteiger partial charge >= 0.3 is 5.97 Å². The maximum Gasteiger partial charge on any atom is 0.323 e. The Balaban J connectivity index is 2.49. The van der Waals surface area contributed by atoms with Crippen LogP contribution in [-0.2, 0) is 4.79 Å². The van der Waals surface area contributed by atoms with Crippen LogP contribution in [-0.4, -0.2) is 51.5 Å². The summed E-state index contributed by atoms with van der Waals surface area (Å²) in [5, 5.41) is 8.79. The molecule has 0 aliphatic carbocycles. The minimum Gasteiger partial charge on any atom is -0.490 e. The van der Waals surface area contributed by atoms with Crippen LogP contribution in [0, 0.1) is 6.92 Å². The van der Waals surface area contributed by atoms with Gasteiger partial charge in [0.1, 0.15) is 12.2 Å². The molecule has 2 aromatic rings. The zero-order valence-corrected chi connectivity index (χ0v) is 12.2. The summed E-state index contributed by atoms with van der Waals surface area (Å²) in [5.41, 5.74) is 1.42. The number of aliphatic carboxylic acids is 1. The number of carboxylic acid groups (broad SMARTS) is 1. The molecule has 0 saturated carbocycles. The van der Waals surface area contributed by atoms with Gasteiger partial charge in [0.05, 0.1) is 12.3 Å². The fraction of sp³-hybridized carbons (Fsp3) is 0.357. The van der Waals surface area contributed by atoms with Gasteiger partial charge < -0.3 is 14.7 Å². The number of hydrogen-bond donors (Lipinski definition) is 1. The van der Waals surface area contributed by atoms with E-state index in [1.807, 2.05) is 6.92 Å². The first-order valence-electron chi connectivity index (χ1n) is 6.53. The molecule has 112 valence electrons. The zero-order chi connectivity index (χ0) is 15.6. The van der Waals surface area contributed by atoms with Crippen LogP contribution in [0.25, 0.3) is 5.65 Å². The average molecular weight is 291 g/mol. The molecule has 7 nitrogen and oxygen atoms in total. The Hall–Kier alpha value is -2.57. The van der Waals surface area contributed by atoms with Gasteiger partial charge in [-0.1, -0.05) is 0 Å². The van der Waals surface area contributed by atoms with E-state index in [-0.39, 0.29) is 6.54 Å². The molecule has 0 radical (unpaired) electrons. The van der Waals surface area contributed by atoms with Crippen molar-refractivity contribution in [3.8, 4) is 5.75 Å². The molecule has 0 fully saturated rings. The van der Waals surface area contributed by atoms with Crippen molar-refractivity contribution in [2.45, 2.75) is 13.8 Å². The van der Waals surface area contributed by atoms with E-state index >= 15 is 0 Å². The van der Waals surface area contributed by atoms with E-state index in [0.29, 0.717) is 29.4 Å². The van der Waals surface area contributed by atoms with E-state index in [1.165, 1.54) is 7.05 Å². The number of carbonyl (C=O) groups is 2. The van der Waals surface area contributed by atoms with E-state index in [1.54, 1.807) is 29.7 Å². The quantitative estimate of drug-likeness (QED) is 0.894. The molecule has 0 spiro atoms. The summed E-state index contributed by atoms with van der Waals surface area (Å²) < 4.78 is 7.12. The van der Waals surface area contributed by atoms with Crippen molar-refractivity contribution in [1.82, 2.24) is 14.3 Å². The summed E-state index contributed by atoms with van der Waals surface area (Å²) in [7, 11) is 1.45. The van der Waals surface area contributed by atoms with E-state index in [4.69, 9.17) is 9.84 Å². The van der Waals surface area contributed by atoms with Gasteiger partial charge in [-0.3, -0.25) is 14.0 Å². The Labute approximate surface area is 121 Å². The number of fused-ring (bicyclic) bond motifs is 1. The molecular formula is C14H17N3O4. The van der Waals surface area contributed by atoms with Crippen LogP contribution in [0.3, 0.4) is 0 Å². The summed E-state index contributed by atoms with van der Waals surface area (Å²) >= 11 is 0. The third-order valence-corrected chi connectivity index (χ3v) is 3.01. The minimum atomic E-state index is -1.06. The van der Waals surface area contributed by atoms with E-state index in [2.05, 4.69) is 4.98 Å². The van der Waals surface area contributed by atoms with Crippen LogP contribution in [0.4, 0.5) is 0 Å². The van der Waals surface area contributed by atoms with Crippen molar-refractivity contribution < 1.29 is 19.4 Å². The number of nitrogens with zero attached hydrogens (tertiary/aromatic N) is 3. The Morgan fingerprint density at radius 1 is 1.48 bits per heavy atom. The number of hydrogen-bond acceptors (Lipinski definition) is 4. The SMILES string of the molecule is CCOc1cccn2c(C(=O)N(C)CC(=O)O)c(C)nc12. The third-order valence-electron chi connectivity index (χ3n) is 3.01. The van der Waals surface area contributed by atoms with E-state index in [9.17, 15) is 9.59 Å². The van der Waals surface area contributed by atoms with Gasteiger partial charge in [0.25, 0.3) is 5.91 Å². The lowest BCUT2D eigenvalue weighted by molar-refractivity contribution is -0.137. The number of ether oxygens (including phenoxy) is 1. The average Bonchev–Trinajstić information content (AvgIpc) is 2.74. The number of amides is 1. The van der Waals surface area contributed by atoms with Gasteiger partial charge in [-0.05, 0) is 26.0 Å². The van der Waals surface area contributed by atoms with Gasteiger partial charge in [0.2, 0.25) is 0 Å². The highest BCUT2D eigenvalue weighted by molar-refractivity contribution is 5.96. The third kappa shape index (κ3) is 2.81. The number of carboxylic acids is 1. The van der Waals surface area contributed by atoms with Gasteiger partial charge in [-0.2, -0.15) is 0 Å². The maximum atomic E-state index is 12.4. The molecule has 1 N–H and O–H groups in total. The second kappa shape index (κ2) is 5.82. The monoisotopic (exact) mass is 291 g/mol. The number of imidazole rings is 1. The Morgan fingerprint density at radius 2 is 2.19 bits per heavy atom. The molecule has 0 aliphatic heterocycles. The van der Waals surface area contributed by atoms with E-state index in [0.717, 1.165) is 4.90 Å². The van der Waals surface area contributed by atoms with Crippen molar-refractivity contribution in [2.24, 2.45) is 0 Å². The van der Waals surface area contributed by atoms with Gasteiger partial charge in [0.15, 0.2) is 11.4 Å². The van der Waals surface area contributed by atoms with Crippen LogP contribution in [0.1, 0.15) is 23.1 Å². The number of rotatable bonds is 5. The number of aryl methyl sites for hydroxylation is 1. The summed E-state index contributed by atoms with van der Waals surface area (Å²) in [6.45, 7) is 3.71. The van der Waals surface area contributed by atoms with Crippen molar-refractivity contribution >= 4 is 17.5 Å². The lowest BCUT2D eigenvalue weighted by Gasteiger charge is -2.14. The number of aromatic nitrogens is 2. The Bertz CT molecular complexity index is 693. The van der Waals surface area contributed by atoms with Gasteiger partial charge in [0, 0.05) is 13.2 Å². The predicted octanol–water partition coefficient (Wildman–Crippen LogP) is 1.20.